The number of benzene rings is 1. The van der Waals surface area contributed by atoms with Gasteiger partial charge in [0, 0.05) is 18.7 Å². The van der Waals surface area contributed by atoms with Crippen LogP contribution in [0.5, 0.6) is 0 Å². The zero-order chi connectivity index (χ0) is 12.4. The topological polar surface area (TPSA) is 48.7 Å². The first-order valence-electron chi connectivity index (χ1n) is 6.05. The zero-order valence-electron chi connectivity index (χ0n) is 9.93. The Kier molecular flexibility index (Phi) is 2.70. The van der Waals surface area contributed by atoms with Crippen molar-refractivity contribution in [2.75, 3.05) is 11.9 Å². The van der Waals surface area contributed by atoms with E-state index in [2.05, 4.69) is 40.6 Å². The molecule has 2 aromatic rings. The summed E-state index contributed by atoms with van der Waals surface area (Å²) >= 11 is 0. The molecule has 88 valence electrons. The van der Waals surface area contributed by atoms with Gasteiger partial charge in [0.1, 0.15) is 6.07 Å². The van der Waals surface area contributed by atoms with Gasteiger partial charge in [-0.3, -0.25) is 0 Å². The number of rotatable bonds is 3. The molecule has 3 nitrogen and oxygen atoms in total. The molecule has 1 aliphatic carbocycles. The minimum atomic E-state index is 0.463. The quantitative estimate of drug-likeness (QED) is 0.889. The van der Waals surface area contributed by atoms with Crippen molar-refractivity contribution in [3.63, 3.8) is 0 Å². The Labute approximate surface area is 106 Å². The van der Waals surface area contributed by atoms with Crippen LogP contribution >= 0.6 is 0 Å². The Hall–Kier alpha value is -2.34. The van der Waals surface area contributed by atoms with Gasteiger partial charge in [-0.2, -0.15) is 5.26 Å². The number of fused-ring (bicyclic) bond motifs is 1. The maximum Gasteiger partial charge on any atom is 0.163 e. The van der Waals surface area contributed by atoms with Crippen molar-refractivity contribution >= 4 is 5.69 Å². The number of nitrogens with one attached hydrogen (secondary N) is 1. The molecule has 3 heteroatoms. The molecule has 0 aliphatic heterocycles. The molecule has 1 N–H and O–H groups in total. The third kappa shape index (κ3) is 1.82. The summed E-state index contributed by atoms with van der Waals surface area (Å²) in [6.45, 7) is 0.859. The van der Waals surface area contributed by atoms with Gasteiger partial charge in [-0.15, -0.1) is 0 Å². The molecule has 0 saturated carbocycles. The minimum absolute atomic E-state index is 0.463. The lowest BCUT2D eigenvalue weighted by atomic mass is 9.77. The number of nitriles is 1. The van der Waals surface area contributed by atoms with Crippen molar-refractivity contribution in [3.8, 4) is 6.07 Å². The van der Waals surface area contributed by atoms with E-state index in [0.29, 0.717) is 11.6 Å². The van der Waals surface area contributed by atoms with Crippen LogP contribution in [-0.4, -0.2) is 11.5 Å². The molecule has 1 aromatic carbocycles. The summed E-state index contributed by atoms with van der Waals surface area (Å²) in [5.74, 6) is 0.549. The summed E-state index contributed by atoms with van der Waals surface area (Å²) in [4.78, 5) is 4.04. The van der Waals surface area contributed by atoms with Gasteiger partial charge >= 0.3 is 0 Å². The number of pyridine rings is 1. The first kappa shape index (κ1) is 10.8. The van der Waals surface area contributed by atoms with Crippen molar-refractivity contribution in [1.29, 1.82) is 5.26 Å². The number of hydrogen-bond donors (Lipinski definition) is 1. The molecule has 0 fully saturated rings. The third-order valence-electron chi connectivity index (χ3n) is 3.41. The van der Waals surface area contributed by atoms with E-state index < -0.39 is 0 Å². The van der Waals surface area contributed by atoms with Crippen molar-refractivity contribution in [3.05, 3.63) is 59.4 Å². The average molecular weight is 235 g/mol. The second kappa shape index (κ2) is 4.50. The Balaban J connectivity index is 1.69. The van der Waals surface area contributed by atoms with Gasteiger partial charge in [0.15, 0.2) is 5.69 Å². The van der Waals surface area contributed by atoms with E-state index in [-0.39, 0.29) is 0 Å². The Morgan fingerprint density at radius 3 is 3.00 bits per heavy atom. The second-order valence-electron chi connectivity index (χ2n) is 4.49. The van der Waals surface area contributed by atoms with Gasteiger partial charge in [0.25, 0.3) is 0 Å². The Morgan fingerprint density at radius 1 is 1.28 bits per heavy atom. The fraction of sp³-hybridized carbons (Fsp3) is 0.200. The maximum absolute atomic E-state index is 8.96. The zero-order valence-corrected chi connectivity index (χ0v) is 9.93. The largest absolute Gasteiger partial charge is 0.382 e. The highest BCUT2D eigenvalue weighted by atomic mass is 14.9. The average Bonchev–Trinajstić information content (AvgIpc) is 2.40. The number of anilines is 1. The molecular weight excluding hydrogens is 222 g/mol. The molecule has 1 aromatic heterocycles. The van der Waals surface area contributed by atoms with Crippen LogP contribution in [0.25, 0.3) is 0 Å². The maximum atomic E-state index is 8.96. The van der Waals surface area contributed by atoms with Crippen molar-refractivity contribution in [2.45, 2.75) is 12.3 Å². The molecule has 1 aliphatic rings. The molecule has 3 rings (SSSR count). The van der Waals surface area contributed by atoms with E-state index in [9.17, 15) is 0 Å². The van der Waals surface area contributed by atoms with Crippen LogP contribution in [0.15, 0.2) is 42.6 Å². The lowest BCUT2D eigenvalue weighted by Crippen LogP contribution is -2.24. The predicted octanol–water partition coefficient (Wildman–Crippen LogP) is 2.71. The van der Waals surface area contributed by atoms with E-state index in [0.717, 1.165) is 18.7 Å². The van der Waals surface area contributed by atoms with Gasteiger partial charge < -0.3 is 5.32 Å². The highest BCUT2D eigenvalue weighted by molar-refractivity contribution is 5.54. The van der Waals surface area contributed by atoms with Gasteiger partial charge in [0.05, 0.1) is 5.69 Å². The number of aromatic nitrogens is 1. The van der Waals surface area contributed by atoms with Crippen LogP contribution in [0, 0.1) is 11.3 Å². The number of hydrogen-bond acceptors (Lipinski definition) is 3. The summed E-state index contributed by atoms with van der Waals surface area (Å²) in [5.41, 5.74) is 4.15. The number of nitrogens with zero attached hydrogens (tertiary/aromatic N) is 2. The molecule has 0 saturated heterocycles. The minimum Gasteiger partial charge on any atom is -0.382 e. The van der Waals surface area contributed by atoms with Crippen LogP contribution in [0.2, 0.25) is 0 Å². The monoisotopic (exact) mass is 235 g/mol. The van der Waals surface area contributed by atoms with Crippen LogP contribution in [0.4, 0.5) is 5.69 Å². The predicted molar refractivity (Wildman–Crippen MR) is 70.3 cm³/mol. The van der Waals surface area contributed by atoms with E-state index in [1.807, 2.05) is 12.1 Å². The van der Waals surface area contributed by atoms with E-state index in [4.69, 9.17) is 5.26 Å². The van der Waals surface area contributed by atoms with Crippen LogP contribution in [-0.2, 0) is 6.42 Å². The summed E-state index contributed by atoms with van der Waals surface area (Å²) < 4.78 is 0. The summed E-state index contributed by atoms with van der Waals surface area (Å²) in [5, 5.41) is 12.3. The lowest BCUT2D eigenvalue weighted by molar-refractivity contribution is 0.635. The van der Waals surface area contributed by atoms with Gasteiger partial charge in [-0.05, 0) is 29.7 Å². The van der Waals surface area contributed by atoms with Crippen molar-refractivity contribution in [2.24, 2.45) is 0 Å². The summed E-state index contributed by atoms with van der Waals surface area (Å²) in [7, 11) is 0. The van der Waals surface area contributed by atoms with Crippen LogP contribution < -0.4 is 5.32 Å². The molecular formula is C15H13N3. The SMILES string of the molecule is N#Cc1ncccc1NCC1Cc2ccccc21. The fourth-order valence-corrected chi connectivity index (χ4v) is 2.42. The normalized spacial score (nSPS) is 16.3. The first-order valence-corrected chi connectivity index (χ1v) is 6.05. The Bertz CT molecular complexity index is 613. The fourth-order valence-electron chi connectivity index (χ4n) is 2.42. The third-order valence-corrected chi connectivity index (χ3v) is 3.41. The molecule has 1 atom stereocenters. The molecule has 0 radical (unpaired) electrons. The Morgan fingerprint density at radius 2 is 2.17 bits per heavy atom. The van der Waals surface area contributed by atoms with Gasteiger partial charge in [-0.1, -0.05) is 24.3 Å². The van der Waals surface area contributed by atoms with Gasteiger partial charge in [0.2, 0.25) is 0 Å². The van der Waals surface area contributed by atoms with E-state index >= 15 is 0 Å². The van der Waals surface area contributed by atoms with Crippen LogP contribution in [0.1, 0.15) is 22.7 Å². The highest BCUT2D eigenvalue weighted by Crippen LogP contribution is 2.34. The standard InChI is InChI=1S/C15H13N3/c16-9-15-14(6-3-7-17-15)18-10-12-8-11-4-1-2-5-13(11)12/h1-7,12,18H,8,10H2. The molecule has 0 spiro atoms. The first-order chi connectivity index (χ1) is 8.88. The van der Waals surface area contributed by atoms with Crippen LogP contribution in [0.3, 0.4) is 0 Å². The molecule has 0 bridgehead atoms. The lowest BCUT2D eigenvalue weighted by Gasteiger charge is -2.30. The van der Waals surface area contributed by atoms with E-state index in [1.165, 1.54) is 11.1 Å². The van der Waals surface area contributed by atoms with Crippen molar-refractivity contribution in [1.82, 2.24) is 4.98 Å². The molecule has 0 amide bonds. The summed E-state index contributed by atoms with van der Waals surface area (Å²) in [6, 6.07) is 14.4. The highest BCUT2D eigenvalue weighted by Gasteiger charge is 2.24. The molecule has 1 unspecified atom stereocenters. The smallest absolute Gasteiger partial charge is 0.163 e. The van der Waals surface area contributed by atoms with Gasteiger partial charge in [-0.25, -0.2) is 4.98 Å². The molecule has 18 heavy (non-hydrogen) atoms. The summed E-state index contributed by atoms with van der Waals surface area (Å²) in [6.07, 6.45) is 2.76. The van der Waals surface area contributed by atoms with Crippen molar-refractivity contribution < 1.29 is 0 Å². The second-order valence-corrected chi connectivity index (χ2v) is 4.49. The molecule has 1 heterocycles. The van der Waals surface area contributed by atoms with E-state index in [1.54, 1.807) is 6.20 Å².